The molecule has 0 aromatic heterocycles. The van der Waals surface area contributed by atoms with Gasteiger partial charge in [-0.2, -0.15) is 0 Å². The maximum atomic E-state index is 12.4. The van der Waals surface area contributed by atoms with E-state index in [9.17, 15) is 4.79 Å². The molecule has 1 saturated carbocycles. The van der Waals surface area contributed by atoms with E-state index in [4.69, 9.17) is 9.47 Å². The van der Waals surface area contributed by atoms with Crippen molar-refractivity contribution in [2.75, 3.05) is 13.2 Å². The van der Waals surface area contributed by atoms with Crippen molar-refractivity contribution in [3.8, 4) is 0 Å². The summed E-state index contributed by atoms with van der Waals surface area (Å²) in [7, 11) is 0. The van der Waals surface area contributed by atoms with Gasteiger partial charge in [0.25, 0.3) is 0 Å². The monoisotopic (exact) mass is 338 g/mol. The Morgan fingerprint density at radius 3 is 2.90 bits per heavy atom. The van der Waals surface area contributed by atoms with Gasteiger partial charge in [0.2, 0.25) is 0 Å². The number of esters is 1. The summed E-state index contributed by atoms with van der Waals surface area (Å²) < 4.78 is 12.1. The number of carbonyl (C=O) groups excluding carboxylic acids is 1. The molecule has 1 aliphatic heterocycles. The lowest BCUT2D eigenvalue weighted by molar-refractivity contribution is -0.152. The normalized spacial score (nSPS) is 24.1. The number of hydrogen-bond acceptors (Lipinski definition) is 3. The van der Waals surface area contributed by atoms with Gasteiger partial charge in [0.1, 0.15) is 6.61 Å². The van der Waals surface area contributed by atoms with E-state index < -0.39 is 5.41 Å². The van der Waals surface area contributed by atoms with E-state index >= 15 is 0 Å². The van der Waals surface area contributed by atoms with Crippen molar-refractivity contribution in [3.05, 3.63) is 34.3 Å². The second-order valence-electron chi connectivity index (χ2n) is 5.68. The van der Waals surface area contributed by atoms with E-state index in [0.717, 1.165) is 42.3 Å². The van der Waals surface area contributed by atoms with Gasteiger partial charge in [-0.25, -0.2) is 0 Å². The quantitative estimate of drug-likeness (QED) is 0.787. The second-order valence-corrected chi connectivity index (χ2v) is 6.60. The fourth-order valence-electron chi connectivity index (χ4n) is 2.77. The van der Waals surface area contributed by atoms with Crippen LogP contribution in [0, 0.1) is 0 Å². The lowest BCUT2D eigenvalue weighted by Crippen LogP contribution is -2.30. The van der Waals surface area contributed by atoms with Crippen molar-refractivity contribution in [2.45, 2.75) is 43.6 Å². The zero-order valence-corrected chi connectivity index (χ0v) is 13.0. The van der Waals surface area contributed by atoms with Gasteiger partial charge in [0.05, 0.1) is 11.5 Å². The minimum atomic E-state index is -0.404. The Labute approximate surface area is 127 Å². The topological polar surface area (TPSA) is 35.5 Å². The summed E-state index contributed by atoms with van der Waals surface area (Å²) in [5.41, 5.74) is 0.653. The van der Waals surface area contributed by atoms with E-state index in [0.29, 0.717) is 6.61 Å². The number of hydrogen-bond donors (Lipinski definition) is 0. The highest BCUT2D eigenvalue weighted by atomic mass is 79.9. The van der Waals surface area contributed by atoms with Gasteiger partial charge in [-0.1, -0.05) is 28.1 Å². The minimum absolute atomic E-state index is 0.0889. The molecule has 1 aromatic carbocycles. The molecule has 2 fully saturated rings. The van der Waals surface area contributed by atoms with Crippen LogP contribution in [0.5, 0.6) is 0 Å². The third kappa shape index (κ3) is 2.91. The van der Waals surface area contributed by atoms with Crippen molar-refractivity contribution < 1.29 is 14.3 Å². The van der Waals surface area contributed by atoms with Gasteiger partial charge in [0.15, 0.2) is 0 Å². The van der Waals surface area contributed by atoms with Gasteiger partial charge in [-0.05, 0) is 49.8 Å². The molecule has 1 saturated heterocycles. The zero-order valence-electron chi connectivity index (χ0n) is 11.4. The Kier molecular flexibility index (Phi) is 4.13. The molecule has 1 aliphatic carbocycles. The second kappa shape index (κ2) is 5.86. The Bertz CT molecular complexity index is 490. The Balaban J connectivity index is 1.61. The Morgan fingerprint density at radius 1 is 1.40 bits per heavy atom. The Hall–Kier alpha value is -0.870. The number of benzene rings is 1. The fourth-order valence-corrected chi connectivity index (χ4v) is 3.17. The molecule has 3 rings (SSSR count). The van der Waals surface area contributed by atoms with Crippen molar-refractivity contribution in [2.24, 2.45) is 0 Å². The van der Waals surface area contributed by atoms with Gasteiger partial charge in [0, 0.05) is 11.1 Å². The highest BCUT2D eigenvalue weighted by Gasteiger charge is 2.53. The summed E-state index contributed by atoms with van der Waals surface area (Å²) in [6, 6.07) is 7.97. The molecule has 1 atom stereocenters. The molecule has 1 aromatic rings. The van der Waals surface area contributed by atoms with Gasteiger partial charge < -0.3 is 9.47 Å². The molecule has 0 radical (unpaired) electrons. The predicted octanol–water partition coefficient (Wildman–Crippen LogP) is 3.59. The van der Waals surface area contributed by atoms with Crippen molar-refractivity contribution >= 4 is 21.9 Å². The van der Waals surface area contributed by atoms with Gasteiger partial charge >= 0.3 is 5.97 Å². The average Bonchev–Trinajstić information content (AvgIpc) is 3.28. The first-order valence-electron chi connectivity index (χ1n) is 7.26. The van der Waals surface area contributed by atoms with E-state index in [-0.39, 0.29) is 12.1 Å². The van der Waals surface area contributed by atoms with Gasteiger partial charge in [-0.15, -0.1) is 0 Å². The molecule has 20 heavy (non-hydrogen) atoms. The summed E-state index contributed by atoms with van der Waals surface area (Å²) in [6.07, 6.45) is 5.13. The third-order valence-electron chi connectivity index (χ3n) is 4.19. The van der Waals surface area contributed by atoms with Crippen molar-refractivity contribution in [1.29, 1.82) is 0 Å². The first-order chi connectivity index (χ1) is 9.71. The average molecular weight is 339 g/mol. The molecule has 2 aliphatic rings. The van der Waals surface area contributed by atoms with E-state index in [1.165, 1.54) is 6.42 Å². The number of carbonyl (C=O) groups is 1. The molecule has 0 bridgehead atoms. The molecular weight excluding hydrogens is 320 g/mol. The van der Waals surface area contributed by atoms with Crippen LogP contribution in [-0.2, 0) is 19.7 Å². The zero-order chi connectivity index (χ0) is 14.0. The molecule has 0 spiro atoms. The molecule has 108 valence electrons. The van der Waals surface area contributed by atoms with Crippen LogP contribution in [0.4, 0.5) is 0 Å². The van der Waals surface area contributed by atoms with E-state index in [1.54, 1.807) is 0 Å². The first-order valence-corrected chi connectivity index (χ1v) is 8.05. The molecule has 3 nitrogen and oxygen atoms in total. The van der Waals surface area contributed by atoms with Crippen LogP contribution >= 0.6 is 15.9 Å². The minimum Gasteiger partial charge on any atom is -0.462 e. The van der Waals surface area contributed by atoms with E-state index in [2.05, 4.69) is 15.9 Å². The van der Waals surface area contributed by atoms with Crippen LogP contribution in [0.25, 0.3) is 0 Å². The van der Waals surface area contributed by atoms with Crippen LogP contribution in [0.2, 0.25) is 0 Å². The van der Waals surface area contributed by atoms with Crippen LogP contribution in [0.3, 0.4) is 0 Å². The summed E-state index contributed by atoms with van der Waals surface area (Å²) in [4.78, 5) is 12.4. The number of rotatable bonds is 4. The molecule has 1 heterocycles. The predicted molar refractivity (Wildman–Crippen MR) is 79.6 cm³/mol. The fraction of sp³-hybridized carbons (Fsp3) is 0.562. The molecule has 0 N–H and O–H groups in total. The summed E-state index contributed by atoms with van der Waals surface area (Å²) in [5.74, 6) is -0.0928. The van der Waals surface area contributed by atoms with Crippen LogP contribution < -0.4 is 0 Å². The lowest BCUT2D eigenvalue weighted by Gasteiger charge is -2.23. The SMILES string of the molecule is O=C(OCC1CCCCO1)C1(c2cccc(Br)c2)CC1. The highest BCUT2D eigenvalue weighted by Crippen LogP contribution is 2.49. The standard InChI is InChI=1S/C16H19BrO3/c17-13-5-3-4-12(10-13)16(7-8-16)15(18)20-11-14-6-1-2-9-19-14/h3-5,10,14H,1-2,6-9,11H2. The summed E-state index contributed by atoms with van der Waals surface area (Å²) in [5, 5.41) is 0. The van der Waals surface area contributed by atoms with Gasteiger partial charge in [-0.3, -0.25) is 4.79 Å². The maximum absolute atomic E-state index is 12.4. The number of halogens is 1. The van der Waals surface area contributed by atoms with E-state index in [1.807, 2.05) is 24.3 Å². The smallest absolute Gasteiger partial charge is 0.316 e. The van der Waals surface area contributed by atoms with Crippen molar-refractivity contribution in [1.82, 2.24) is 0 Å². The molecule has 0 amide bonds. The van der Waals surface area contributed by atoms with Crippen LogP contribution in [0.1, 0.15) is 37.7 Å². The first kappa shape index (κ1) is 14.1. The maximum Gasteiger partial charge on any atom is 0.316 e. The highest BCUT2D eigenvalue weighted by molar-refractivity contribution is 9.10. The summed E-state index contributed by atoms with van der Waals surface area (Å²) >= 11 is 3.46. The molecular formula is C16H19BrO3. The molecule has 4 heteroatoms. The third-order valence-corrected chi connectivity index (χ3v) is 4.69. The molecule has 1 unspecified atom stereocenters. The van der Waals surface area contributed by atoms with Crippen LogP contribution in [0.15, 0.2) is 28.7 Å². The largest absolute Gasteiger partial charge is 0.462 e. The lowest BCUT2D eigenvalue weighted by atomic mass is 9.96. The van der Waals surface area contributed by atoms with Crippen LogP contribution in [-0.4, -0.2) is 25.3 Å². The van der Waals surface area contributed by atoms with Crippen molar-refractivity contribution in [3.63, 3.8) is 0 Å². The number of ether oxygens (including phenoxy) is 2. The summed E-state index contributed by atoms with van der Waals surface area (Å²) in [6.45, 7) is 1.19. The Morgan fingerprint density at radius 2 is 2.25 bits per heavy atom.